The van der Waals surface area contributed by atoms with Crippen LogP contribution in [0.15, 0.2) is 90.1 Å². The standard InChI is InChI=1S/C26H23N5O/c27-24-23(26(28)29)21(15-31-25(24)18-8-11-22-17(14-18)12-13-30-22)16-6-9-20(10-7-16)32-19-4-2-1-3-5-19/h1-14,21,23,27,30H,15H2,(H3,28,29). The van der Waals surface area contributed by atoms with Gasteiger partial charge in [-0.15, -0.1) is 0 Å². The quantitative estimate of drug-likeness (QED) is 0.265. The van der Waals surface area contributed by atoms with Crippen LogP contribution in [0.4, 0.5) is 0 Å². The number of para-hydroxylation sites is 1. The van der Waals surface area contributed by atoms with Crippen LogP contribution >= 0.6 is 0 Å². The molecule has 1 aliphatic rings. The summed E-state index contributed by atoms with van der Waals surface area (Å²) in [5.74, 6) is 0.805. The Morgan fingerprint density at radius 2 is 1.72 bits per heavy atom. The van der Waals surface area contributed by atoms with Gasteiger partial charge in [0.2, 0.25) is 0 Å². The molecule has 0 saturated carbocycles. The van der Waals surface area contributed by atoms with Gasteiger partial charge in [0, 0.05) is 35.1 Å². The summed E-state index contributed by atoms with van der Waals surface area (Å²) < 4.78 is 5.88. The number of rotatable bonds is 5. The molecule has 4 aromatic rings. The molecule has 6 nitrogen and oxygen atoms in total. The van der Waals surface area contributed by atoms with Crippen LogP contribution in [0.5, 0.6) is 11.5 Å². The van der Waals surface area contributed by atoms with Crippen molar-refractivity contribution in [3.05, 3.63) is 96.2 Å². The predicted octanol–water partition coefficient (Wildman–Crippen LogP) is 5.12. The first-order chi connectivity index (χ1) is 15.6. The van der Waals surface area contributed by atoms with Crippen molar-refractivity contribution in [3.8, 4) is 11.5 Å². The minimum atomic E-state index is -0.523. The number of benzene rings is 3. The SMILES string of the molecule is N=C(N)C1C(=N)C(c2ccc3[nH]ccc3c2)=NCC1c1ccc(Oc2ccccc2)cc1. The van der Waals surface area contributed by atoms with Gasteiger partial charge >= 0.3 is 0 Å². The van der Waals surface area contributed by atoms with E-state index in [1.807, 2.05) is 85.1 Å². The molecule has 0 radical (unpaired) electrons. The molecule has 5 rings (SSSR count). The van der Waals surface area contributed by atoms with Crippen LogP contribution in [0.1, 0.15) is 17.0 Å². The molecule has 0 saturated heterocycles. The molecule has 6 heteroatoms. The summed E-state index contributed by atoms with van der Waals surface area (Å²) in [6.45, 7) is 0.464. The van der Waals surface area contributed by atoms with E-state index in [9.17, 15) is 0 Å². The van der Waals surface area contributed by atoms with E-state index in [0.717, 1.165) is 33.5 Å². The lowest BCUT2D eigenvalue weighted by Crippen LogP contribution is -2.42. The molecule has 2 atom stereocenters. The van der Waals surface area contributed by atoms with Crippen molar-refractivity contribution in [1.82, 2.24) is 4.98 Å². The maximum Gasteiger partial charge on any atom is 0.127 e. The van der Waals surface area contributed by atoms with Gasteiger partial charge < -0.3 is 20.9 Å². The third kappa shape index (κ3) is 3.67. The van der Waals surface area contributed by atoms with Gasteiger partial charge in [-0.05, 0) is 48.0 Å². The molecule has 2 heterocycles. The molecule has 2 unspecified atom stereocenters. The Balaban J connectivity index is 1.43. The minimum Gasteiger partial charge on any atom is -0.457 e. The first kappa shape index (κ1) is 19.8. The molecular weight excluding hydrogens is 398 g/mol. The highest BCUT2D eigenvalue weighted by Crippen LogP contribution is 2.33. The average molecular weight is 422 g/mol. The fraction of sp³-hybridized carbons (Fsp3) is 0.115. The first-order valence-electron chi connectivity index (χ1n) is 10.5. The van der Waals surface area contributed by atoms with Crippen LogP contribution in [-0.2, 0) is 0 Å². The Bertz CT molecular complexity index is 1320. The Kier molecular flexibility index (Phi) is 5.03. The normalized spacial score (nSPS) is 18.4. The largest absolute Gasteiger partial charge is 0.457 e. The molecule has 3 aromatic carbocycles. The van der Waals surface area contributed by atoms with Crippen molar-refractivity contribution in [1.29, 1.82) is 10.8 Å². The molecule has 32 heavy (non-hydrogen) atoms. The number of fused-ring (bicyclic) bond motifs is 1. The number of hydrogen-bond acceptors (Lipinski definition) is 4. The first-order valence-corrected chi connectivity index (χ1v) is 10.5. The number of H-pyrrole nitrogens is 1. The average Bonchev–Trinajstić information content (AvgIpc) is 3.28. The number of aromatic amines is 1. The van der Waals surface area contributed by atoms with Gasteiger partial charge in [-0.1, -0.05) is 36.4 Å². The molecular formula is C26H23N5O. The van der Waals surface area contributed by atoms with E-state index in [4.69, 9.17) is 26.3 Å². The Hall–Kier alpha value is -4.19. The lowest BCUT2D eigenvalue weighted by Gasteiger charge is -2.31. The number of aliphatic imine (C=N–C) groups is 1. The van der Waals surface area contributed by atoms with Crippen molar-refractivity contribution in [2.24, 2.45) is 16.6 Å². The van der Waals surface area contributed by atoms with Gasteiger partial charge in [0.05, 0.1) is 17.3 Å². The zero-order valence-electron chi connectivity index (χ0n) is 17.4. The molecule has 158 valence electrons. The molecule has 5 N–H and O–H groups in total. The summed E-state index contributed by atoms with van der Waals surface area (Å²) in [7, 11) is 0. The summed E-state index contributed by atoms with van der Waals surface area (Å²) in [6, 6.07) is 25.3. The van der Waals surface area contributed by atoms with Gasteiger partial charge in [-0.2, -0.15) is 0 Å². The van der Waals surface area contributed by atoms with Crippen LogP contribution in [0.25, 0.3) is 10.9 Å². The lowest BCUT2D eigenvalue weighted by atomic mass is 9.77. The highest BCUT2D eigenvalue weighted by molar-refractivity contribution is 6.51. The number of amidine groups is 1. The topological polar surface area (TPSA) is 111 Å². The molecule has 1 aromatic heterocycles. The van der Waals surface area contributed by atoms with E-state index in [1.54, 1.807) is 0 Å². The van der Waals surface area contributed by atoms with Crippen LogP contribution in [0.3, 0.4) is 0 Å². The number of ether oxygens (including phenoxy) is 1. The zero-order valence-corrected chi connectivity index (χ0v) is 17.4. The maximum absolute atomic E-state index is 8.83. The Morgan fingerprint density at radius 1 is 0.969 bits per heavy atom. The van der Waals surface area contributed by atoms with E-state index in [-0.39, 0.29) is 17.5 Å². The fourth-order valence-corrected chi connectivity index (χ4v) is 4.25. The summed E-state index contributed by atoms with van der Waals surface area (Å²) in [5, 5.41) is 18.1. The summed E-state index contributed by atoms with van der Waals surface area (Å²) >= 11 is 0. The fourth-order valence-electron chi connectivity index (χ4n) is 4.25. The van der Waals surface area contributed by atoms with E-state index in [2.05, 4.69) is 4.98 Å². The molecule has 1 aliphatic heterocycles. The van der Waals surface area contributed by atoms with Crippen molar-refractivity contribution < 1.29 is 4.74 Å². The lowest BCUT2D eigenvalue weighted by molar-refractivity contribution is 0.482. The number of nitrogens with two attached hydrogens (primary N) is 1. The second-order valence-electron chi connectivity index (χ2n) is 7.91. The molecule has 0 spiro atoms. The van der Waals surface area contributed by atoms with Crippen molar-refractivity contribution in [2.45, 2.75) is 5.92 Å². The van der Waals surface area contributed by atoms with E-state index < -0.39 is 5.92 Å². The maximum atomic E-state index is 8.83. The van der Waals surface area contributed by atoms with Crippen LogP contribution in [0, 0.1) is 16.7 Å². The highest BCUT2D eigenvalue weighted by atomic mass is 16.5. The summed E-state index contributed by atoms with van der Waals surface area (Å²) in [6.07, 6.45) is 1.89. The third-order valence-electron chi connectivity index (χ3n) is 5.86. The van der Waals surface area contributed by atoms with Gasteiger partial charge in [-0.3, -0.25) is 10.4 Å². The minimum absolute atomic E-state index is 0.0141. The number of aromatic nitrogens is 1. The van der Waals surface area contributed by atoms with Crippen molar-refractivity contribution in [3.63, 3.8) is 0 Å². The molecule has 0 amide bonds. The third-order valence-corrected chi connectivity index (χ3v) is 5.86. The van der Waals surface area contributed by atoms with Crippen LogP contribution in [-0.4, -0.2) is 28.8 Å². The van der Waals surface area contributed by atoms with Crippen molar-refractivity contribution >= 4 is 28.2 Å². The van der Waals surface area contributed by atoms with E-state index in [0.29, 0.717) is 12.3 Å². The van der Waals surface area contributed by atoms with E-state index >= 15 is 0 Å². The number of hydrogen-bond donors (Lipinski definition) is 4. The zero-order chi connectivity index (χ0) is 22.1. The monoisotopic (exact) mass is 421 g/mol. The van der Waals surface area contributed by atoms with Gasteiger partial charge in [-0.25, -0.2) is 0 Å². The summed E-state index contributed by atoms with van der Waals surface area (Å²) in [5.41, 5.74) is 9.78. The van der Waals surface area contributed by atoms with Gasteiger partial charge in [0.25, 0.3) is 0 Å². The second-order valence-corrected chi connectivity index (χ2v) is 7.91. The summed E-state index contributed by atoms with van der Waals surface area (Å²) in [4.78, 5) is 7.93. The molecule has 0 bridgehead atoms. The van der Waals surface area contributed by atoms with Gasteiger partial charge in [0.15, 0.2) is 0 Å². The predicted molar refractivity (Wildman–Crippen MR) is 129 cm³/mol. The highest BCUT2D eigenvalue weighted by Gasteiger charge is 2.35. The second kappa shape index (κ2) is 8.15. The van der Waals surface area contributed by atoms with Crippen molar-refractivity contribution in [2.75, 3.05) is 6.54 Å². The van der Waals surface area contributed by atoms with Crippen LogP contribution < -0.4 is 10.5 Å². The Morgan fingerprint density at radius 3 is 2.47 bits per heavy atom. The Labute approximate surface area is 185 Å². The van der Waals surface area contributed by atoms with E-state index in [1.165, 1.54) is 0 Å². The smallest absolute Gasteiger partial charge is 0.127 e. The molecule has 0 aliphatic carbocycles. The van der Waals surface area contributed by atoms with Crippen LogP contribution in [0.2, 0.25) is 0 Å². The molecule has 0 fully saturated rings. The number of nitrogens with one attached hydrogen (secondary N) is 3. The number of nitrogens with zero attached hydrogens (tertiary/aromatic N) is 1. The van der Waals surface area contributed by atoms with Gasteiger partial charge in [0.1, 0.15) is 17.3 Å².